The van der Waals surface area contributed by atoms with Crippen molar-refractivity contribution in [3.8, 4) is 11.3 Å². The van der Waals surface area contributed by atoms with Gasteiger partial charge in [-0.3, -0.25) is 9.78 Å². The quantitative estimate of drug-likeness (QED) is 0.569. The van der Waals surface area contributed by atoms with Gasteiger partial charge in [-0.05, 0) is 29.8 Å². The van der Waals surface area contributed by atoms with Crippen molar-refractivity contribution in [1.82, 2.24) is 4.98 Å². The summed E-state index contributed by atoms with van der Waals surface area (Å²) in [6, 6.07) is 9.13. The van der Waals surface area contributed by atoms with E-state index in [2.05, 4.69) is 4.98 Å². The first-order chi connectivity index (χ1) is 13.6. The third-order valence-electron chi connectivity index (χ3n) is 4.12. The number of nitrogens with zero attached hydrogens (tertiary/aromatic N) is 1. The standard InChI is InChI=1S/C20H12ClF5N2O/c21-15-4-2-1-3-10(15)7-17-18(19(27)29)14(20(24,25)26)9-16(28-17)11-5-12(22)8-13(23)6-11/h1-6,8-9H,7H2,(H2,27,29). The molecule has 0 aliphatic heterocycles. The van der Waals surface area contributed by atoms with E-state index in [1.165, 1.54) is 6.07 Å². The Labute approximate surface area is 166 Å². The molecule has 3 rings (SSSR count). The molecule has 1 heterocycles. The molecule has 3 aromatic rings. The number of alkyl halides is 3. The van der Waals surface area contributed by atoms with Crippen LogP contribution in [0, 0.1) is 11.6 Å². The van der Waals surface area contributed by atoms with E-state index >= 15 is 0 Å². The van der Waals surface area contributed by atoms with Gasteiger partial charge in [-0.15, -0.1) is 0 Å². The van der Waals surface area contributed by atoms with E-state index in [-0.39, 0.29) is 28.4 Å². The normalized spacial score (nSPS) is 11.5. The van der Waals surface area contributed by atoms with Crippen molar-refractivity contribution in [3.63, 3.8) is 0 Å². The van der Waals surface area contributed by atoms with Crippen LogP contribution < -0.4 is 5.73 Å². The van der Waals surface area contributed by atoms with Crippen LogP contribution in [0.2, 0.25) is 5.02 Å². The molecule has 0 atom stereocenters. The van der Waals surface area contributed by atoms with E-state index in [1.54, 1.807) is 18.2 Å². The molecule has 0 saturated heterocycles. The molecule has 0 saturated carbocycles. The predicted molar refractivity (Wildman–Crippen MR) is 97.4 cm³/mol. The summed E-state index contributed by atoms with van der Waals surface area (Å²) >= 11 is 6.07. The molecule has 0 bridgehead atoms. The number of carbonyl (C=O) groups excluding carboxylic acids is 1. The molecule has 0 spiro atoms. The van der Waals surface area contributed by atoms with Crippen LogP contribution in [0.1, 0.15) is 27.2 Å². The van der Waals surface area contributed by atoms with Crippen LogP contribution in [0.25, 0.3) is 11.3 Å². The first-order valence-electron chi connectivity index (χ1n) is 8.17. The number of aromatic nitrogens is 1. The smallest absolute Gasteiger partial charge is 0.366 e. The minimum Gasteiger partial charge on any atom is -0.366 e. The van der Waals surface area contributed by atoms with E-state index in [4.69, 9.17) is 17.3 Å². The second kappa shape index (κ2) is 7.79. The van der Waals surface area contributed by atoms with Crippen LogP contribution in [0.3, 0.4) is 0 Å². The molecule has 29 heavy (non-hydrogen) atoms. The average Bonchev–Trinajstić information content (AvgIpc) is 2.61. The minimum atomic E-state index is -4.96. The molecule has 0 radical (unpaired) electrons. The SMILES string of the molecule is NC(=O)c1c(C(F)(F)F)cc(-c2cc(F)cc(F)c2)nc1Cc1ccccc1Cl. The van der Waals surface area contributed by atoms with Crippen LogP contribution in [0.4, 0.5) is 22.0 Å². The van der Waals surface area contributed by atoms with Gasteiger partial charge in [0.05, 0.1) is 22.5 Å². The van der Waals surface area contributed by atoms with Gasteiger partial charge in [-0.2, -0.15) is 13.2 Å². The van der Waals surface area contributed by atoms with Crippen molar-refractivity contribution in [2.45, 2.75) is 12.6 Å². The number of rotatable bonds is 4. The molecule has 0 aliphatic rings. The lowest BCUT2D eigenvalue weighted by atomic mass is 9.97. The molecular weight excluding hydrogens is 415 g/mol. The first kappa shape index (κ1) is 20.7. The maximum absolute atomic E-state index is 13.7. The number of pyridine rings is 1. The first-order valence-corrected chi connectivity index (χ1v) is 8.55. The van der Waals surface area contributed by atoms with Gasteiger partial charge in [-0.25, -0.2) is 8.78 Å². The molecule has 3 nitrogen and oxygen atoms in total. The van der Waals surface area contributed by atoms with Crippen molar-refractivity contribution >= 4 is 17.5 Å². The van der Waals surface area contributed by atoms with Crippen LogP contribution >= 0.6 is 11.6 Å². The van der Waals surface area contributed by atoms with Gasteiger partial charge in [-0.1, -0.05) is 29.8 Å². The second-order valence-electron chi connectivity index (χ2n) is 6.17. The minimum absolute atomic E-state index is 0.218. The van der Waals surface area contributed by atoms with E-state index < -0.39 is 34.8 Å². The van der Waals surface area contributed by atoms with Gasteiger partial charge in [0, 0.05) is 23.1 Å². The Bertz CT molecular complexity index is 1080. The lowest BCUT2D eigenvalue weighted by Gasteiger charge is -2.17. The summed E-state index contributed by atoms with van der Waals surface area (Å²) in [7, 11) is 0. The fourth-order valence-electron chi connectivity index (χ4n) is 2.90. The van der Waals surface area contributed by atoms with Crippen LogP contribution in [0.15, 0.2) is 48.5 Å². The molecule has 0 fully saturated rings. The fraction of sp³-hybridized carbons (Fsp3) is 0.100. The summed E-state index contributed by atoms with van der Waals surface area (Å²) < 4.78 is 68.1. The largest absolute Gasteiger partial charge is 0.417 e. The summed E-state index contributed by atoms with van der Waals surface area (Å²) in [6.45, 7) is 0. The highest BCUT2D eigenvalue weighted by atomic mass is 35.5. The number of nitrogens with two attached hydrogens (primary N) is 1. The molecule has 0 unspecified atom stereocenters. The number of carbonyl (C=O) groups is 1. The maximum atomic E-state index is 13.7. The molecule has 150 valence electrons. The molecule has 0 aliphatic carbocycles. The number of primary amides is 1. The maximum Gasteiger partial charge on any atom is 0.417 e. The van der Waals surface area contributed by atoms with Gasteiger partial charge >= 0.3 is 6.18 Å². The highest BCUT2D eigenvalue weighted by Gasteiger charge is 2.37. The fourth-order valence-corrected chi connectivity index (χ4v) is 3.10. The van der Waals surface area contributed by atoms with Crippen molar-refractivity contribution in [3.05, 3.63) is 87.6 Å². The molecule has 2 aromatic carbocycles. The van der Waals surface area contributed by atoms with E-state index in [9.17, 15) is 26.7 Å². The number of halogens is 6. The third kappa shape index (κ3) is 4.54. The molecule has 2 N–H and O–H groups in total. The lowest BCUT2D eigenvalue weighted by Crippen LogP contribution is -2.22. The van der Waals surface area contributed by atoms with Gasteiger partial charge in [0.2, 0.25) is 0 Å². The monoisotopic (exact) mass is 426 g/mol. The number of hydrogen-bond acceptors (Lipinski definition) is 2. The summed E-state index contributed by atoms with van der Waals surface area (Å²) in [5.74, 6) is -3.30. The molecule has 1 aromatic heterocycles. The van der Waals surface area contributed by atoms with Crippen LogP contribution in [-0.2, 0) is 12.6 Å². The Morgan fingerprint density at radius 2 is 1.66 bits per heavy atom. The van der Waals surface area contributed by atoms with Crippen molar-refractivity contribution in [1.29, 1.82) is 0 Å². The summed E-state index contributed by atoms with van der Waals surface area (Å²) in [5.41, 5.74) is 2.56. The van der Waals surface area contributed by atoms with Gasteiger partial charge in [0.1, 0.15) is 11.6 Å². The Morgan fingerprint density at radius 3 is 2.21 bits per heavy atom. The summed E-state index contributed by atoms with van der Waals surface area (Å²) in [6.07, 6.45) is -5.20. The van der Waals surface area contributed by atoms with Crippen molar-refractivity contribution in [2.75, 3.05) is 0 Å². The Morgan fingerprint density at radius 1 is 1.03 bits per heavy atom. The zero-order valence-corrected chi connectivity index (χ0v) is 15.3. The highest BCUT2D eigenvalue weighted by Crippen LogP contribution is 2.36. The van der Waals surface area contributed by atoms with Crippen molar-refractivity contribution in [2.24, 2.45) is 5.73 Å². The van der Waals surface area contributed by atoms with Gasteiger partial charge in [0.25, 0.3) is 5.91 Å². The Kier molecular flexibility index (Phi) is 5.57. The Balaban J connectivity index is 2.29. The van der Waals surface area contributed by atoms with E-state index in [0.29, 0.717) is 17.7 Å². The molecular formula is C20H12ClF5N2O. The zero-order chi connectivity index (χ0) is 21.3. The molecule has 9 heteroatoms. The predicted octanol–water partition coefficient (Wildman–Crippen LogP) is 5.39. The highest BCUT2D eigenvalue weighted by molar-refractivity contribution is 6.31. The number of benzene rings is 2. The van der Waals surface area contributed by atoms with E-state index in [0.717, 1.165) is 12.1 Å². The van der Waals surface area contributed by atoms with Crippen molar-refractivity contribution < 1.29 is 26.7 Å². The third-order valence-corrected chi connectivity index (χ3v) is 4.49. The average molecular weight is 427 g/mol. The molecule has 1 amide bonds. The number of hydrogen-bond donors (Lipinski definition) is 1. The number of amides is 1. The van der Waals surface area contributed by atoms with Gasteiger partial charge < -0.3 is 5.73 Å². The lowest BCUT2D eigenvalue weighted by molar-refractivity contribution is -0.138. The summed E-state index contributed by atoms with van der Waals surface area (Å²) in [4.78, 5) is 15.9. The van der Waals surface area contributed by atoms with Gasteiger partial charge in [0.15, 0.2) is 0 Å². The Hall–Kier alpha value is -3.00. The second-order valence-corrected chi connectivity index (χ2v) is 6.57. The summed E-state index contributed by atoms with van der Waals surface area (Å²) in [5, 5.41) is 0.250. The van der Waals surface area contributed by atoms with Crippen LogP contribution in [-0.4, -0.2) is 10.9 Å². The van der Waals surface area contributed by atoms with Crippen LogP contribution in [0.5, 0.6) is 0 Å². The topological polar surface area (TPSA) is 56.0 Å². The zero-order valence-electron chi connectivity index (χ0n) is 14.5. The van der Waals surface area contributed by atoms with E-state index in [1.807, 2.05) is 0 Å².